The lowest BCUT2D eigenvalue weighted by Crippen LogP contribution is -2.42. The Labute approximate surface area is 187 Å². The molecule has 2 aromatic rings. The van der Waals surface area contributed by atoms with Gasteiger partial charge in [0.1, 0.15) is 9.34 Å². The van der Waals surface area contributed by atoms with Gasteiger partial charge in [-0.05, 0) is 43.0 Å². The molecular formula is C21H21BrClN3O2S. The number of benzene rings is 1. The highest BCUT2D eigenvalue weighted by atomic mass is 79.9. The van der Waals surface area contributed by atoms with Crippen LogP contribution >= 0.6 is 38.9 Å². The third-order valence-corrected chi connectivity index (χ3v) is 8.14. The fraction of sp³-hybridized carbons (Fsp3) is 0.476. The van der Waals surface area contributed by atoms with Crippen LogP contribution in [-0.2, 0) is 21.4 Å². The van der Waals surface area contributed by atoms with Gasteiger partial charge in [-0.25, -0.2) is 4.98 Å². The molecule has 5 rings (SSSR count). The number of halogens is 2. The first-order valence-corrected chi connectivity index (χ1v) is 11.9. The highest BCUT2D eigenvalue weighted by Crippen LogP contribution is 2.48. The Kier molecular flexibility index (Phi) is 4.95. The highest BCUT2D eigenvalue weighted by molar-refractivity contribution is 9.10. The van der Waals surface area contributed by atoms with Gasteiger partial charge in [0, 0.05) is 41.1 Å². The van der Waals surface area contributed by atoms with Crippen molar-refractivity contribution in [3.63, 3.8) is 0 Å². The summed E-state index contributed by atoms with van der Waals surface area (Å²) in [6.45, 7) is 2.08. The molecule has 1 saturated carbocycles. The minimum absolute atomic E-state index is 0.0280. The SMILES string of the molecule is O=C(C1CCC1)N1CCC2(C1)CN(C(=O)Cc1ncc(Cl)s1)c1ccc(Br)cc12. The van der Waals surface area contributed by atoms with Crippen LogP contribution in [0, 0.1) is 5.92 Å². The van der Waals surface area contributed by atoms with Crippen molar-refractivity contribution < 1.29 is 9.59 Å². The summed E-state index contributed by atoms with van der Waals surface area (Å²) in [5.41, 5.74) is 1.94. The van der Waals surface area contributed by atoms with E-state index in [2.05, 4.69) is 27.0 Å². The number of aromatic nitrogens is 1. The highest BCUT2D eigenvalue weighted by Gasteiger charge is 2.50. The van der Waals surface area contributed by atoms with E-state index >= 15 is 0 Å². The van der Waals surface area contributed by atoms with E-state index in [1.54, 1.807) is 6.20 Å². The smallest absolute Gasteiger partial charge is 0.233 e. The number of nitrogens with zero attached hydrogens (tertiary/aromatic N) is 3. The second-order valence-corrected chi connectivity index (χ2v) is 11.0. The average Bonchev–Trinajstić information content (AvgIpc) is 3.33. The number of anilines is 1. The second kappa shape index (κ2) is 7.36. The van der Waals surface area contributed by atoms with Crippen molar-refractivity contribution in [2.75, 3.05) is 24.5 Å². The number of carbonyl (C=O) groups excluding carboxylic acids is 2. The summed E-state index contributed by atoms with van der Waals surface area (Å²) in [5.74, 6) is 0.535. The summed E-state index contributed by atoms with van der Waals surface area (Å²) in [7, 11) is 0. The zero-order valence-electron chi connectivity index (χ0n) is 15.9. The number of thiazole rings is 1. The zero-order valence-corrected chi connectivity index (χ0v) is 19.0. The van der Waals surface area contributed by atoms with Crippen molar-refractivity contribution in [1.82, 2.24) is 9.88 Å². The predicted octanol–water partition coefficient (Wildman–Crippen LogP) is 4.42. The van der Waals surface area contributed by atoms with Crippen molar-refractivity contribution in [3.05, 3.63) is 43.8 Å². The van der Waals surface area contributed by atoms with Gasteiger partial charge in [-0.15, -0.1) is 11.3 Å². The molecule has 3 aliphatic rings. The predicted molar refractivity (Wildman–Crippen MR) is 118 cm³/mol. The number of rotatable bonds is 3. The molecule has 152 valence electrons. The van der Waals surface area contributed by atoms with Crippen LogP contribution in [-0.4, -0.2) is 41.3 Å². The first-order chi connectivity index (χ1) is 13.9. The lowest BCUT2D eigenvalue weighted by atomic mass is 9.81. The van der Waals surface area contributed by atoms with Crippen LogP contribution < -0.4 is 4.90 Å². The summed E-state index contributed by atoms with van der Waals surface area (Å²) in [4.78, 5) is 34.1. The van der Waals surface area contributed by atoms with E-state index in [9.17, 15) is 9.59 Å². The van der Waals surface area contributed by atoms with E-state index in [1.165, 1.54) is 16.9 Å². The maximum Gasteiger partial charge on any atom is 0.233 e. The molecule has 1 spiro atoms. The van der Waals surface area contributed by atoms with Crippen LogP contribution in [0.4, 0.5) is 5.69 Å². The third-order valence-electron chi connectivity index (χ3n) is 6.53. The summed E-state index contributed by atoms with van der Waals surface area (Å²) < 4.78 is 1.59. The molecule has 1 saturated heterocycles. The molecule has 0 bridgehead atoms. The second-order valence-electron chi connectivity index (χ2n) is 8.29. The van der Waals surface area contributed by atoms with E-state index in [0.29, 0.717) is 23.3 Å². The van der Waals surface area contributed by atoms with Crippen LogP contribution in [0.25, 0.3) is 0 Å². The molecule has 1 unspecified atom stereocenters. The number of carbonyl (C=O) groups is 2. The third kappa shape index (κ3) is 3.41. The summed E-state index contributed by atoms with van der Waals surface area (Å²) in [5, 5.41) is 0.729. The quantitative estimate of drug-likeness (QED) is 0.635. The standard InChI is InChI=1S/C21H21BrClN3O2S/c22-14-4-5-16-15(8-14)21(6-7-25(11-21)20(28)13-2-1-3-13)12-26(16)19(27)9-18-24-10-17(23)29-18/h4-5,8,10,13H,1-3,6-7,9,11-12H2. The van der Waals surface area contributed by atoms with Gasteiger partial charge in [0.2, 0.25) is 11.8 Å². The zero-order chi connectivity index (χ0) is 20.2. The molecule has 1 aliphatic carbocycles. The van der Waals surface area contributed by atoms with E-state index in [1.807, 2.05) is 21.9 Å². The molecule has 3 heterocycles. The van der Waals surface area contributed by atoms with Gasteiger partial charge in [-0.1, -0.05) is 34.0 Å². The maximum atomic E-state index is 13.1. The van der Waals surface area contributed by atoms with Crippen molar-refractivity contribution in [1.29, 1.82) is 0 Å². The molecule has 1 atom stereocenters. The van der Waals surface area contributed by atoms with Crippen LogP contribution in [0.3, 0.4) is 0 Å². The van der Waals surface area contributed by atoms with Crippen LogP contribution in [0.1, 0.15) is 36.3 Å². The molecule has 2 amide bonds. The van der Waals surface area contributed by atoms with Gasteiger partial charge >= 0.3 is 0 Å². The number of hydrogen-bond acceptors (Lipinski definition) is 4. The first kappa shape index (κ1) is 19.5. The van der Waals surface area contributed by atoms with E-state index in [4.69, 9.17) is 11.6 Å². The number of fused-ring (bicyclic) bond motifs is 2. The summed E-state index contributed by atoms with van der Waals surface area (Å²) in [6.07, 6.45) is 5.92. The number of hydrogen-bond donors (Lipinski definition) is 0. The van der Waals surface area contributed by atoms with Crippen LogP contribution in [0.15, 0.2) is 28.9 Å². The van der Waals surface area contributed by atoms with Crippen molar-refractivity contribution >= 4 is 56.4 Å². The molecule has 0 N–H and O–H groups in total. The lowest BCUT2D eigenvalue weighted by Gasteiger charge is -2.31. The van der Waals surface area contributed by atoms with Gasteiger partial charge in [-0.2, -0.15) is 0 Å². The van der Waals surface area contributed by atoms with Crippen molar-refractivity contribution in [2.24, 2.45) is 5.92 Å². The first-order valence-electron chi connectivity index (χ1n) is 9.95. The fourth-order valence-corrected chi connectivity index (χ4v) is 6.09. The Morgan fingerprint density at radius 1 is 1.31 bits per heavy atom. The van der Waals surface area contributed by atoms with Gasteiger partial charge in [-0.3, -0.25) is 9.59 Å². The molecular weight excluding hydrogens is 474 g/mol. The minimum atomic E-state index is -0.186. The molecule has 2 fully saturated rings. The molecule has 8 heteroatoms. The van der Waals surface area contributed by atoms with E-state index in [0.717, 1.165) is 47.4 Å². The largest absolute Gasteiger partial charge is 0.341 e. The summed E-state index contributed by atoms with van der Waals surface area (Å²) >= 11 is 10.9. The Morgan fingerprint density at radius 2 is 2.14 bits per heavy atom. The molecule has 0 radical (unpaired) electrons. The van der Waals surface area contributed by atoms with E-state index < -0.39 is 0 Å². The topological polar surface area (TPSA) is 53.5 Å². The Bertz CT molecular complexity index is 992. The fourth-order valence-electron chi connectivity index (χ4n) is 4.78. The van der Waals surface area contributed by atoms with Gasteiger partial charge in [0.05, 0.1) is 12.6 Å². The Hall–Kier alpha value is -1.44. The Balaban J connectivity index is 1.42. The lowest BCUT2D eigenvalue weighted by molar-refractivity contribution is -0.137. The minimum Gasteiger partial charge on any atom is -0.341 e. The van der Waals surface area contributed by atoms with E-state index in [-0.39, 0.29) is 23.7 Å². The molecule has 2 aliphatic heterocycles. The maximum absolute atomic E-state index is 13.1. The van der Waals surface area contributed by atoms with Crippen molar-refractivity contribution in [3.8, 4) is 0 Å². The molecule has 29 heavy (non-hydrogen) atoms. The normalized spacial score (nSPS) is 23.5. The van der Waals surface area contributed by atoms with Gasteiger partial charge < -0.3 is 9.80 Å². The van der Waals surface area contributed by atoms with Crippen LogP contribution in [0.5, 0.6) is 0 Å². The van der Waals surface area contributed by atoms with Crippen molar-refractivity contribution in [2.45, 2.75) is 37.5 Å². The average molecular weight is 495 g/mol. The summed E-state index contributed by atoms with van der Waals surface area (Å²) in [6, 6.07) is 6.11. The molecule has 1 aromatic carbocycles. The molecule has 5 nitrogen and oxygen atoms in total. The molecule has 1 aromatic heterocycles. The number of amides is 2. The van der Waals surface area contributed by atoms with Gasteiger partial charge in [0.25, 0.3) is 0 Å². The van der Waals surface area contributed by atoms with Gasteiger partial charge in [0.15, 0.2) is 0 Å². The number of likely N-dealkylation sites (tertiary alicyclic amines) is 1. The monoisotopic (exact) mass is 493 g/mol. The Morgan fingerprint density at radius 3 is 2.83 bits per heavy atom. The van der Waals surface area contributed by atoms with Crippen LogP contribution in [0.2, 0.25) is 4.34 Å².